The van der Waals surface area contributed by atoms with Crippen molar-refractivity contribution in [2.75, 3.05) is 0 Å². The third-order valence-corrected chi connectivity index (χ3v) is 9.31. The Morgan fingerprint density at radius 2 is 1.15 bits per heavy atom. The van der Waals surface area contributed by atoms with Crippen molar-refractivity contribution in [2.45, 2.75) is 6.17 Å². The summed E-state index contributed by atoms with van der Waals surface area (Å²) in [7, 11) is 0. The van der Waals surface area contributed by atoms with Gasteiger partial charge in [0.25, 0.3) is 0 Å². The average molecular weight is 618 g/mol. The van der Waals surface area contributed by atoms with E-state index in [9.17, 15) is 0 Å². The molecule has 1 N–H and O–H groups in total. The molecule has 0 radical (unpaired) electrons. The summed E-state index contributed by atoms with van der Waals surface area (Å²) >= 11 is 0. The highest BCUT2D eigenvalue weighted by Crippen LogP contribution is 2.39. The topological polar surface area (TPSA) is 63.0 Å². The molecule has 0 bridgehead atoms. The predicted octanol–water partition coefficient (Wildman–Crippen LogP) is 10.8. The summed E-state index contributed by atoms with van der Waals surface area (Å²) in [6.45, 7) is 0. The van der Waals surface area contributed by atoms with Crippen LogP contribution in [0.15, 0.2) is 170 Å². The second-order valence-corrected chi connectivity index (χ2v) is 12.2. The van der Waals surface area contributed by atoms with Crippen molar-refractivity contribution in [1.82, 2.24) is 5.32 Å². The molecule has 0 aliphatic carbocycles. The molecule has 0 fully saturated rings. The first-order valence-corrected chi connectivity index (χ1v) is 16.1. The molecule has 3 heterocycles. The number of rotatable bonds is 4. The van der Waals surface area contributed by atoms with Crippen molar-refractivity contribution in [3.8, 4) is 11.1 Å². The van der Waals surface area contributed by atoms with Gasteiger partial charge in [-0.05, 0) is 58.5 Å². The Morgan fingerprint density at radius 1 is 0.458 bits per heavy atom. The van der Waals surface area contributed by atoms with Crippen molar-refractivity contribution < 1.29 is 8.83 Å². The van der Waals surface area contributed by atoms with Crippen LogP contribution in [0, 0.1) is 0 Å². The number of furan rings is 2. The highest BCUT2D eigenvalue weighted by Gasteiger charge is 2.24. The molecule has 0 saturated carbocycles. The lowest BCUT2D eigenvalue weighted by atomic mass is 9.96. The molecular weight excluding hydrogens is 590 g/mol. The van der Waals surface area contributed by atoms with E-state index < -0.39 is 6.17 Å². The van der Waals surface area contributed by atoms with Gasteiger partial charge in [0.15, 0.2) is 6.17 Å². The Hall–Kier alpha value is -6.46. The van der Waals surface area contributed by atoms with E-state index in [1.807, 2.05) is 42.5 Å². The molecule has 1 atom stereocenters. The summed E-state index contributed by atoms with van der Waals surface area (Å²) in [6.07, 6.45) is -0.474. The van der Waals surface area contributed by atoms with Crippen molar-refractivity contribution in [2.24, 2.45) is 9.98 Å². The first-order valence-electron chi connectivity index (χ1n) is 16.1. The molecule has 0 saturated heterocycles. The summed E-state index contributed by atoms with van der Waals surface area (Å²) in [5, 5.41) is 10.2. The minimum atomic E-state index is -0.474. The molecule has 10 rings (SSSR count). The van der Waals surface area contributed by atoms with Crippen molar-refractivity contribution in [3.05, 3.63) is 168 Å². The van der Waals surface area contributed by atoms with Crippen LogP contribution in [0.4, 0.5) is 0 Å². The zero-order valence-corrected chi connectivity index (χ0v) is 25.7. The SMILES string of the molecule is c1ccc(C2=NC(c3ccc4oc5c6ccccc6ccc5c4c3)N=C(c3cc(-c4ccccc4)c4c(c3)oc3ccccc34)N2)cc1. The molecule has 2 aromatic heterocycles. The van der Waals surface area contributed by atoms with Gasteiger partial charge in [0, 0.05) is 38.1 Å². The summed E-state index contributed by atoms with van der Waals surface area (Å²) in [6, 6.07) is 52.2. The van der Waals surface area contributed by atoms with Crippen LogP contribution in [-0.2, 0) is 0 Å². The standard InChI is InChI=1S/C43H27N3O2/c1-3-11-26(12-4-1)34-24-30(25-38-39(34)33-17-9-10-18-36(33)47-38)43-45-41(28-14-5-2-6-15-28)44-42(46-43)29-20-22-37-35(23-29)32-21-19-27-13-7-8-16-31(27)40(32)48-37/h1-25,42H,(H,44,45,46). The Balaban J connectivity index is 1.17. The van der Waals surface area contributed by atoms with Gasteiger partial charge in [-0.3, -0.25) is 0 Å². The van der Waals surface area contributed by atoms with Crippen LogP contribution in [0.5, 0.6) is 0 Å². The highest BCUT2D eigenvalue weighted by molar-refractivity contribution is 6.20. The van der Waals surface area contributed by atoms with Gasteiger partial charge in [0.2, 0.25) is 0 Å². The molecule has 0 amide bonds. The number of para-hydroxylation sites is 1. The third-order valence-electron chi connectivity index (χ3n) is 9.31. The fourth-order valence-corrected chi connectivity index (χ4v) is 7.01. The second-order valence-electron chi connectivity index (χ2n) is 12.2. The summed E-state index contributed by atoms with van der Waals surface area (Å²) in [4.78, 5) is 10.4. The minimum Gasteiger partial charge on any atom is -0.456 e. The van der Waals surface area contributed by atoms with E-state index in [0.717, 1.165) is 94.1 Å². The fourth-order valence-electron chi connectivity index (χ4n) is 7.01. The van der Waals surface area contributed by atoms with Crippen LogP contribution in [0.1, 0.15) is 22.9 Å². The van der Waals surface area contributed by atoms with Crippen LogP contribution in [0.2, 0.25) is 0 Å². The Kier molecular flexibility index (Phi) is 5.87. The summed E-state index contributed by atoms with van der Waals surface area (Å²) < 4.78 is 12.9. The van der Waals surface area contributed by atoms with Crippen molar-refractivity contribution in [1.29, 1.82) is 0 Å². The number of fused-ring (bicyclic) bond motifs is 8. The maximum Gasteiger partial charge on any atom is 0.169 e. The molecule has 1 unspecified atom stereocenters. The lowest BCUT2D eigenvalue weighted by Gasteiger charge is -2.23. The van der Waals surface area contributed by atoms with E-state index in [1.165, 1.54) is 0 Å². The maximum absolute atomic E-state index is 6.46. The van der Waals surface area contributed by atoms with Gasteiger partial charge in [-0.25, -0.2) is 9.98 Å². The quantitative estimate of drug-likeness (QED) is 0.214. The number of benzene rings is 7. The first kappa shape index (κ1) is 26.7. The molecular formula is C43H27N3O2. The van der Waals surface area contributed by atoms with Crippen LogP contribution < -0.4 is 5.32 Å². The van der Waals surface area contributed by atoms with Gasteiger partial charge in [0.1, 0.15) is 34.0 Å². The average Bonchev–Trinajstić information content (AvgIpc) is 3.73. The second kappa shape index (κ2) is 10.5. The fraction of sp³-hybridized carbons (Fsp3) is 0.0233. The Morgan fingerprint density at radius 3 is 1.98 bits per heavy atom. The molecule has 48 heavy (non-hydrogen) atoms. The summed E-state index contributed by atoms with van der Waals surface area (Å²) in [5.74, 6) is 1.50. The molecule has 226 valence electrons. The van der Waals surface area contributed by atoms with Gasteiger partial charge in [-0.15, -0.1) is 0 Å². The maximum atomic E-state index is 6.46. The van der Waals surface area contributed by atoms with E-state index in [-0.39, 0.29) is 0 Å². The third kappa shape index (κ3) is 4.25. The normalized spacial score (nSPS) is 14.9. The molecule has 0 spiro atoms. The smallest absolute Gasteiger partial charge is 0.169 e. The van der Waals surface area contributed by atoms with Crippen molar-refractivity contribution in [3.63, 3.8) is 0 Å². The number of aliphatic imine (C=N–C) groups is 2. The van der Waals surface area contributed by atoms with Gasteiger partial charge >= 0.3 is 0 Å². The highest BCUT2D eigenvalue weighted by atomic mass is 16.3. The molecule has 5 nitrogen and oxygen atoms in total. The number of nitrogens with one attached hydrogen (secondary N) is 1. The lowest BCUT2D eigenvalue weighted by Crippen LogP contribution is -2.36. The van der Waals surface area contributed by atoms with E-state index in [0.29, 0.717) is 0 Å². The Bertz CT molecular complexity index is 2760. The van der Waals surface area contributed by atoms with Crippen molar-refractivity contribution >= 4 is 66.3 Å². The van der Waals surface area contributed by atoms with E-state index in [1.54, 1.807) is 0 Å². The molecule has 1 aliphatic rings. The zero-order valence-electron chi connectivity index (χ0n) is 25.7. The molecule has 7 aromatic carbocycles. The predicted molar refractivity (Wildman–Crippen MR) is 196 cm³/mol. The van der Waals surface area contributed by atoms with Gasteiger partial charge in [0.05, 0.1) is 0 Å². The van der Waals surface area contributed by atoms with Gasteiger partial charge < -0.3 is 14.2 Å². The zero-order chi connectivity index (χ0) is 31.6. The Labute approximate surface area is 275 Å². The number of hydrogen-bond donors (Lipinski definition) is 1. The largest absolute Gasteiger partial charge is 0.456 e. The molecule has 9 aromatic rings. The monoisotopic (exact) mass is 617 g/mol. The van der Waals surface area contributed by atoms with Gasteiger partial charge in [-0.1, -0.05) is 115 Å². The molecule has 1 aliphatic heterocycles. The number of hydrogen-bond acceptors (Lipinski definition) is 5. The van der Waals surface area contributed by atoms with E-state index in [4.69, 9.17) is 18.8 Å². The molecule has 5 heteroatoms. The van der Waals surface area contributed by atoms with E-state index in [2.05, 4.69) is 115 Å². The number of amidine groups is 2. The van der Waals surface area contributed by atoms with E-state index >= 15 is 0 Å². The summed E-state index contributed by atoms with van der Waals surface area (Å²) in [5.41, 5.74) is 8.53. The lowest BCUT2D eigenvalue weighted by molar-refractivity contribution is 0.668. The van der Waals surface area contributed by atoms with Crippen LogP contribution >= 0.6 is 0 Å². The van der Waals surface area contributed by atoms with Crippen LogP contribution in [0.3, 0.4) is 0 Å². The minimum absolute atomic E-state index is 0.474. The van der Waals surface area contributed by atoms with Crippen LogP contribution in [0.25, 0.3) is 65.8 Å². The first-order chi connectivity index (χ1) is 23.8. The van der Waals surface area contributed by atoms with Crippen LogP contribution in [-0.4, -0.2) is 11.7 Å². The number of nitrogens with zero attached hydrogens (tertiary/aromatic N) is 2. The van der Waals surface area contributed by atoms with Gasteiger partial charge in [-0.2, -0.15) is 0 Å².